The number of ketones is 1. The number of fused-ring (bicyclic) bond motifs is 3. The number of benzene rings is 2. The van der Waals surface area contributed by atoms with E-state index < -0.39 is 11.8 Å². The van der Waals surface area contributed by atoms with Crippen LogP contribution in [-0.4, -0.2) is 30.9 Å². The molecule has 0 saturated carbocycles. The molecule has 0 unspecified atom stereocenters. The third-order valence-electron chi connectivity index (χ3n) is 4.92. The lowest BCUT2D eigenvalue weighted by molar-refractivity contribution is -0.154. The SMILES string of the molecule is O=C(OCC1c2ccccc2-c2ccccc21)C(=O)[C@@H]1CCCN1. The summed E-state index contributed by atoms with van der Waals surface area (Å²) < 4.78 is 5.39. The number of hydrogen-bond donors (Lipinski definition) is 1. The standard InChI is InChI=1S/C20H19NO3/c22-19(18-10-5-11-21-18)20(23)24-12-17-15-8-3-1-6-13(15)14-7-2-4-9-16(14)17/h1-4,6-9,17-18,21H,5,10-12H2/t18-/m0/s1. The van der Waals surface area contributed by atoms with Crippen molar-refractivity contribution in [2.45, 2.75) is 24.8 Å². The Kier molecular flexibility index (Phi) is 3.90. The minimum absolute atomic E-state index is 0.00862. The van der Waals surface area contributed by atoms with Gasteiger partial charge in [0.15, 0.2) is 0 Å². The monoisotopic (exact) mass is 321 g/mol. The Balaban J connectivity index is 1.52. The van der Waals surface area contributed by atoms with E-state index in [1.54, 1.807) is 0 Å². The molecule has 1 aliphatic carbocycles. The average Bonchev–Trinajstić information content (AvgIpc) is 3.26. The Hall–Kier alpha value is -2.46. The summed E-state index contributed by atoms with van der Waals surface area (Å²) in [5, 5.41) is 3.05. The summed E-state index contributed by atoms with van der Waals surface area (Å²) in [7, 11) is 0. The van der Waals surface area contributed by atoms with Gasteiger partial charge in [0.05, 0.1) is 6.04 Å². The van der Waals surface area contributed by atoms with Crippen LogP contribution in [0.25, 0.3) is 11.1 Å². The molecule has 1 saturated heterocycles. The van der Waals surface area contributed by atoms with Gasteiger partial charge in [0, 0.05) is 5.92 Å². The molecule has 1 heterocycles. The van der Waals surface area contributed by atoms with Crippen molar-refractivity contribution in [3.05, 3.63) is 59.7 Å². The molecule has 2 aliphatic rings. The molecule has 24 heavy (non-hydrogen) atoms. The highest BCUT2D eigenvalue weighted by molar-refractivity contribution is 6.35. The zero-order valence-corrected chi connectivity index (χ0v) is 13.3. The number of carbonyl (C=O) groups excluding carboxylic acids is 2. The number of hydrogen-bond acceptors (Lipinski definition) is 4. The first kappa shape index (κ1) is 15.1. The molecular weight excluding hydrogens is 302 g/mol. The summed E-state index contributed by atoms with van der Waals surface area (Å²) in [6.07, 6.45) is 1.64. The number of esters is 1. The highest BCUT2D eigenvalue weighted by atomic mass is 16.5. The molecule has 2 aromatic rings. The van der Waals surface area contributed by atoms with Crippen LogP contribution >= 0.6 is 0 Å². The zero-order chi connectivity index (χ0) is 16.5. The minimum Gasteiger partial charge on any atom is -0.459 e. The number of rotatable bonds is 4. The molecule has 0 aromatic heterocycles. The van der Waals surface area contributed by atoms with E-state index in [0.29, 0.717) is 6.42 Å². The van der Waals surface area contributed by atoms with Crippen molar-refractivity contribution in [3.8, 4) is 11.1 Å². The van der Waals surface area contributed by atoms with Gasteiger partial charge in [-0.3, -0.25) is 4.79 Å². The zero-order valence-electron chi connectivity index (χ0n) is 13.3. The van der Waals surface area contributed by atoms with Crippen LogP contribution in [0.1, 0.15) is 29.9 Å². The first-order valence-corrected chi connectivity index (χ1v) is 8.38. The van der Waals surface area contributed by atoms with Crippen molar-refractivity contribution in [1.29, 1.82) is 0 Å². The van der Waals surface area contributed by atoms with Gasteiger partial charge < -0.3 is 10.1 Å². The van der Waals surface area contributed by atoms with Crippen LogP contribution < -0.4 is 5.32 Å². The van der Waals surface area contributed by atoms with E-state index in [-0.39, 0.29) is 18.6 Å². The summed E-state index contributed by atoms with van der Waals surface area (Å²) in [6.45, 7) is 0.985. The second-order valence-electron chi connectivity index (χ2n) is 6.34. The van der Waals surface area contributed by atoms with Gasteiger partial charge in [-0.2, -0.15) is 0 Å². The molecule has 0 bridgehead atoms. The Morgan fingerprint density at radius 1 is 1.00 bits per heavy atom. The van der Waals surface area contributed by atoms with E-state index in [1.807, 2.05) is 24.3 Å². The fourth-order valence-electron chi connectivity index (χ4n) is 3.72. The van der Waals surface area contributed by atoms with Gasteiger partial charge in [-0.05, 0) is 41.6 Å². The van der Waals surface area contributed by atoms with Crippen molar-refractivity contribution in [3.63, 3.8) is 0 Å². The van der Waals surface area contributed by atoms with Crippen LogP contribution in [0, 0.1) is 0 Å². The fourth-order valence-corrected chi connectivity index (χ4v) is 3.72. The van der Waals surface area contributed by atoms with Crippen molar-refractivity contribution in [2.24, 2.45) is 0 Å². The molecule has 0 spiro atoms. The smallest absolute Gasteiger partial charge is 0.376 e. The summed E-state index contributed by atoms with van der Waals surface area (Å²) >= 11 is 0. The first-order chi connectivity index (χ1) is 11.8. The third kappa shape index (κ3) is 2.53. The summed E-state index contributed by atoms with van der Waals surface area (Å²) in [5.74, 6) is -1.19. The fraction of sp³-hybridized carbons (Fsp3) is 0.300. The molecule has 1 fully saturated rings. The Labute approximate surface area is 140 Å². The maximum absolute atomic E-state index is 12.1. The van der Waals surface area contributed by atoms with E-state index in [9.17, 15) is 9.59 Å². The summed E-state index contributed by atoms with van der Waals surface area (Å²) in [4.78, 5) is 24.2. The van der Waals surface area contributed by atoms with E-state index in [0.717, 1.165) is 24.1 Å². The van der Waals surface area contributed by atoms with Crippen LogP contribution in [-0.2, 0) is 14.3 Å². The molecule has 4 heteroatoms. The summed E-state index contributed by atoms with van der Waals surface area (Å²) in [6, 6.07) is 15.9. The predicted octanol–water partition coefficient (Wildman–Crippen LogP) is 2.66. The molecule has 0 radical (unpaired) electrons. The number of carbonyl (C=O) groups is 2. The van der Waals surface area contributed by atoms with Crippen LogP contribution in [0.4, 0.5) is 0 Å². The predicted molar refractivity (Wildman–Crippen MR) is 90.7 cm³/mol. The molecule has 0 amide bonds. The topological polar surface area (TPSA) is 55.4 Å². The van der Waals surface area contributed by atoms with E-state index in [4.69, 9.17) is 4.74 Å². The lowest BCUT2D eigenvalue weighted by Gasteiger charge is -2.15. The van der Waals surface area contributed by atoms with Gasteiger partial charge in [-0.1, -0.05) is 48.5 Å². The second-order valence-corrected chi connectivity index (χ2v) is 6.34. The lowest BCUT2D eigenvalue weighted by atomic mass is 9.98. The van der Waals surface area contributed by atoms with E-state index in [1.165, 1.54) is 11.1 Å². The van der Waals surface area contributed by atoms with Gasteiger partial charge >= 0.3 is 5.97 Å². The first-order valence-electron chi connectivity index (χ1n) is 8.38. The van der Waals surface area contributed by atoms with Crippen LogP contribution in [0.2, 0.25) is 0 Å². The maximum atomic E-state index is 12.1. The van der Waals surface area contributed by atoms with Crippen molar-refractivity contribution < 1.29 is 14.3 Å². The molecule has 122 valence electrons. The number of Topliss-reactive ketones (excluding diaryl/α,β-unsaturated/α-hetero) is 1. The minimum atomic E-state index is -0.726. The lowest BCUT2D eigenvalue weighted by Crippen LogP contribution is -2.37. The van der Waals surface area contributed by atoms with Gasteiger partial charge in [0.1, 0.15) is 6.61 Å². The number of ether oxygens (including phenoxy) is 1. The Morgan fingerprint density at radius 2 is 1.62 bits per heavy atom. The Bertz CT molecular complexity index is 747. The Morgan fingerprint density at radius 3 is 2.21 bits per heavy atom. The normalized spacial score (nSPS) is 18.9. The van der Waals surface area contributed by atoms with Crippen molar-refractivity contribution >= 4 is 11.8 Å². The van der Waals surface area contributed by atoms with Crippen molar-refractivity contribution in [2.75, 3.05) is 13.2 Å². The molecule has 1 N–H and O–H groups in total. The van der Waals surface area contributed by atoms with Gasteiger partial charge in [0.25, 0.3) is 5.78 Å². The highest BCUT2D eigenvalue weighted by Crippen LogP contribution is 2.44. The molecule has 2 aromatic carbocycles. The van der Waals surface area contributed by atoms with Crippen LogP contribution in [0.5, 0.6) is 0 Å². The maximum Gasteiger partial charge on any atom is 0.376 e. The van der Waals surface area contributed by atoms with Gasteiger partial charge in [0.2, 0.25) is 0 Å². The highest BCUT2D eigenvalue weighted by Gasteiger charge is 2.32. The van der Waals surface area contributed by atoms with Crippen LogP contribution in [0.3, 0.4) is 0 Å². The van der Waals surface area contributed by atoms with E-state index in [2.05, 4.69) is 29.6 Å². The summed E-state index contributed by atoms with van der Waals surface area (Å²) in [5.41, 5.74) is 4.66. The largest absolute Gasteiger partial charge is 0.459 e. The molecule has 4 nitrogen and oxygen atoms in total. The van der Waals surface area contributed by atoms with Gasteiger partial charge in [-0.25, -0.2) is 4.79 Å². The average molecular weight is 321 g/mol. The van der Waals surface area contributed by atoms with Crippen LogP contribution in [0.15, 0.2) is 48.5 Å². The quantitative estimate of drug-likeness (QED) is 0.695. The molecule has 1 aliphatic heterocycles. The molecular formula is C20H19NO3. The molecule has 1 atom stereocenters. The number of nitrogens with one attached hydrogen (secondary N) is 1. The third-order valence-corrected chi connectivity index (χ3v) is 4.92. The molecule has 4 rings (SSSR count). The van der Waals surface area contributed by atoms with Crippen molar-refractivity contribution in [1.82, 2.24) is 5.32 Å². The van der Waals surface area contributed by atoms with E-state index >= 15 is 0 Å². The van der Waals surface area contributed by atoms with Gasteiger partial charge in [-0.15, -0.1) is 0 Å². The second kappa shape index (κ2) is 6.21.